The fraction of sp³-hybridized carbons (Fsp3) is 0.786. The number of nitrogens with one attached hydrogen (secondary N) is 1. The minimum Gasteiger partial charge on any atom is -0.308 e. The zero-order valence-corrected chi connectivity index (χ0v) is 12.3. The molecule has 0 bridgehead atoms. The Labute approximate surface area is 110 Å². The second-order valence-corrected chi connectivity index (χ2v) is 6.20. The lowest BCUT2D eigenvalue weighted by Gasteiger charge is -2.35. The third kappa shape index (κ3) is 2.59. The molecule has 0 amide bonds. The summed E-state index contributed by atoms with van der Waals surface area (Å²) in [6, 6.07) is 0.474. The molecule has 4 heteroatoms. The highest BCUT2D eigenvalue weighted by atomic mass is 15.3. The van der Waals surface area contributed by atoms with Crippen LogP contribution in [-0.4, -0.2) is 40.9 Å². The van der Waals surface area contributed by atoms with Gasteiger partial charge in [0.05, 0.1) is 6.20 Å². The van der Waals surface area contributed by atoms with E-state index in [2.05, 4.69) is 43.3 Å². The van der Waals surface area contributed by atoms with Gasteiger partial charge in [0.1, 0.15) is 0 Å². The average Bonchev–Trinajstić information content (AvgIpc) is 2.69. The summed E-state index contributed by atoms with van der Waals surface area (Å²) in [7, 11) is 6.32. The molecule has 1 aliphatic carbocycles. The molecule has 102 valence electrons. The van der Waals surface area contributed by atoms with Crippen LogP contribution in [0.5, 0.6) is 0 Å². The van der Waals surface area contributed by atoms with E-state index in [1.807, 2.05) is 17.9 Å². The second-order valence-electron chi connectivity index (χ2n) is 6.20. The molecule has 1 aromatic heterocycles. The van der Waals surface area contributed by atoms with Crippen molar-refractivity contribution in [1.29, 1.82) is 0 Å². The Morgan fingerprint density at radius 3 is 2.89 bits per heavy atom. The molecule has 0 aromatic carbocycles. The van der Waals surface area contributed by atoms with Crippen molar-refractivity contribution in [2.24, 2.45) is 7.05 Å². The highest BCUT2D eigenvalue weighted by Crippen LogP contribution is 2.29. The summed E-state index contributed by atoms with van der Waals surface area (Å²) in [6.07, 6.45) is 5.69. The monoisotopic (exact) mass is 250 g/mol. The van der Waals surface area contributed by atoms with Gasteiger partial charge in [-0.1, -0.05) is 0 Å². The smallest absolute Gasteiger partial charge is 0.0540 e. The maximum absolute atomic E-state index is 4.39. The van der Waals surface area contributed by atoms with E-state index in [0.717, 1.165) is 6.54 Å². The predicted molar refractivity (Wildman–Crippen MR) is 74.7 cm³/mol. The maximum atomic E-state index is 4.39. The number of aryl methyl sites for hydroxylation is 1. The van der Waals surface area contributed by atoms with Crippen LogP contribution in [0.4, 0.5) is 0 Å². The lowest BCUT2D eigenvalue weighted by Crippen LogP contribution is -2.47. The first kappa shape index (κ1) is 13.6. The van der Waals surface area contributed by atoms with Crippen LogP contribution in [0.1, 0.15) is 44.0 Å². The fourth-order valence-corrected chi connectivity index (χ4v) is 2.45. The molecule has 4 nitrogen and oxygen atoms in total. The molecule has 0 saturated carbocycles. The normalized spacial score (nSPS) is 20.2. The second kappa shape index (κ2) is 5.02. The van der Waals surface area contributed by atoms with Crippen molar-refractivity contribution in [3.05, 3.63) is 17.5 Å². The Morgan fingerprint density at radius 2 is 2.22 bits per heavy atom. The standard InChI is InChI=1S/C14H26N4/c1-14(2,17(3)4)10-15-12-7-6-8-13-11(12)9-16-18(13)5/h9,12,15H,6-8,10H2,1-5H3. The van der Waals surface area contributed by atoms with Gasteiger partial charge in [-0.15, -0.1) is 0 Å². The van der Waals surface area contributed by atoms with Gasteiger partial charge in [-0.2, -0.15) is 5.10 Å². The van der Waals surface area contributed by atoms with Crippen molar-refractivity contribution < 1.29 is 0 Å². The number of nitrogens with zero attached hydrogens (tertiary/aromatic N) is 3. The summed E-state index contributed by atoms with van der Waals surface area (Å²) in [4.78, 5) is 2.27. The molecule has 0 fully saturated rings. The zero-order chi connectivity index (χ0) is 13.3. The van der Waals surface area contributed by atoms with Gasteiger partial charge in [-0.25, -0.2) is 0 Å². The van der Waals surface area contributed by atoms with E-state index < -0.39 is 0 Å². The van der Waals surface area contributed by atoms with E-state index in [4.69, 9.17) is 0 Å². The van der Waals surface area contributed by atoms with E-state index in [9.17, 15) is 0 Å². The van der Waals surface area contributed by atoms with Crippen LogP contribution in [0.3, 0.4) is 0 Å². The van der Waals surface area contributed by atoms with Gasteiger partial charge in [0.2, 0.25) is 0 Å². The van der Waals surface area contributed by atoms with Gasteiger partial charge in [0, 0.05) is 36.4 Å². The van der Waals surface area contributed by atoms with Crippen molar-refractivity contribution in [2.45, 2.75) is 44.7 Å². The first-order chi connectivity index (χ1) is 8.42. The molecule has 1 N–H and O–H groups in total. The van der Waals surface area contributed by atoms with E-state index in [1.54, 1.807) is 0 Å². The predicted octanol–water partition coefficient (Wildman–Crippen LogP) is 1.73. The van der Waals surface area contributed by atoms with Crippen LogP contribution in [0, 0.1) is 0 Å². The van der Waals surface area contributed by atoms with Gasteiger partial charge in [-0.3, -0.25) is 4.68 Å². The quantitative estimate of drug-likeness (QED) is 0.883. The number of likely N-dealkylation sites (N-methyl/N-ethyl adjacent to an activating group) is 1. The van der Waals surface area contributed by atoms with Gasteiger partial charge < -0.3 is 10.2 Å². The van der Waals surface area contributed by atoms with E-state index in [-0.39, 0.29) is 5.54 Å². The van der Waals surface area contributed by atoms with Crippen LogP contribution in [0.15, 0.2) is 6.20 Å². The summed E-state index contributed by atoms with van der Waals surface area (Å²) in [6.45, 7) is 5.54. The molecule has 0 radical (unpaired) electrons. The molecular formula is C14H26N4. The molecule has 2 rings (SSSR count). The molecule has 1 aromatic rings. The van der Waals surface area contributed by atoms with Crippen LogP contribution in [0.2, 0.25) is 0 Å². The van der Waals surface area contributed by atoms with E-state index in [1.165, 1.54) is 30.5 Å². The third-order valence-corrected chi connectivity index (χ3v) is 4.37. The Bertz CT molecular complexity index is 406. The Balaban J connectivity index is 2.04. The van der Waals surface area contributed by atoms with Crippen LogP contribution in [-0.2, 0) is 13.5 Å². The SMILES string of the molecule is CN(C)C(C)(C)CNC1CCCc2c1cnn2C. The zero-order valence-electron chi connectivity index (χ0n) is 12.3. The summed E-state index contributed by atoms with van der Waals surface area (Å²) >= 11 is 0. The first-order valence-corrected chi connectivity index (χ1v) is 6.83. The Morgan fingerprint density at radius 1 is 1.50 bits per heavy atom. The summed E-state index contributed by atoms with van der Waals surface area (Å²) in [5.74, 6) is 0. The van der Waals surface area contributed by atoms with Gasteiger partial charge in [-0.05, 0) is 47.2 Å². The Hall–Kier alpha value is -0.870. The molecule has 1 atom stereocenters. The summed E-state index contributed by atoms with van der Waals surface area (Å²) in [5.41, 5.74) is 2.99. The first-order valence-electron chi connectivity index (χ1n) is 6.83. The van der Waals surface area contributed by atoms with Crippen LogP contribution >= 0.6 is 0 Å². The Kier molecular flexibility index (Phi) is 3.78. The van der Waals surface area contributed by atoms with Crippen LogP contribution in [0.25, 0.3) is 0 Å². The highest BCUT2D eigenvalue weighted by Gasteiger charge is 2.26. The number of hydrogen-bond acceptors (Lipinski definition) is 3. The van der Waals surface area contributed by atoms with Crippen molar-refractivity contribution >= 4 is 0 Å². The minimum absolute atomic E-state index is 0.180. The largest absolute Gasteiger partial charge is 0.308 e. The van der Waals surface area contributed by atoms with E-state index >= 15 is 0 Å². The van der Waals surface area contributed by atoms with E-state index in [0.29, 0.717) is 6.04 Å². The average molecular weight is 250 g/mol. The highest BCUT2D eigenvalue weighted by molar-refractivity contribution is 5.24. The molecule has 1 heterocycles. The molecule has 1 aliphatic rings. The molecule has 0 aliphatic heterocycles. The van der Waals surface area contributed by atoms with Crippen molar-refractivity contribution in [1.82, 2.24) is 20.0 Å². The lowest BCUT2D eigenvalue weighted by atomic mass is 9.92. The molecule has 0 saturated heterocycles. The van der Waals surface area contributed by atoms with Gasteiger partial charge in [0.25, 0.3) is 0 Å². The minimum atomic E-state index is 0.180. The van der Waals surface area contributed by atoms with Gasteiger partial charge >= 0.3 is 0 Å². The number of rotatable bonds is 4. The van der Waals surface area contributed by atoms with Crippen molar-refractivity contribution in [3.8, 4) is 0 Å². The molecular weight excluding hydrogens is 224 g/mol. The molecule has 0 spiro atoms. The van der Waals surface area contributed by atoms with Crippen LogP contribution < -0.4 is 5.32 Å². The fourth-order valence-electron chi connectivity index (χ4n) is 2.45. The number of hydrogen-bond donors (Lipinski definition) is 1. The lowest BCUT2D eigenvalue weighted by molar-refractivity contribution is 0.182. The summed E-state index contributed by atoms with van der Waals surface area (Å²) < 4.78 is 2.03. The number of aromatic nitrogens is 2. The van der Waals surface area contributed by atoms with Crippen molar-refractivity contribution in [2.75, 3.05) is 20.6 Å². The maximum Gasteiger partial charge on any atom is 0.0540 e. The number of fused-ring (bicyclic) bond motifs is 1. The van der Waals surface area contributed by atoms with Gasteiger partial charge in [0.15, 0.2) is 0 Å². The topological polar surface area (TPSA) is 33.1 Å². The molecule has 18 heavy (non-hydrogen) atoms. The molecule has 1 unspecified atom stereocenters. The summed E-state index contributed by atoms with van der Waals surface area (Å²) in [5, 5.41) is 8.11. The van der Waals surface area contributed by atoms with Crippen molar-refractivity contribution in [3.63, 3.8) is 0 Å². The third-order valence-electron chi connectivity index (χ3n) is 4.37.